The van der Waals surface area contributed by atoms with Crippen molar-refractivity contribution in [3.8, 4) is 66.8 Å². The van der Waals surface area contributed by atoms with Crippen molar-refractivity contribution >= 4 is 76.5 Å². The molecule has 4 heteroatoms. The molecule has 0 unspecified atom stereocenters. The maximum absolute atomic E-state index is 6.25. The molecule has 0 N–H and O–H groups in total. The molecule has 3 heterocycles. The van der Waals surface area contributed by atoms with Crippen LogP contribution in [0.25, 0.3) is 143 Å². The maximum Gasteiger partial charge on any atom is 0.136 e. The molecule has 0 amide bonds. The monoisotopic (exact) mass is 866 g/mol. The van der Waals surface area contributed by atoms with Crippen molar-refractivity contribution in [2.24, 2.45) is 0 Å². The van der Waals surface area contributed by atoms with E-state index in [9.17, 15) is 0 Å². The lowest BCUT2D eigenvalue weighted by atomic mass is 9.91. The number of furan rings is 2. The fraction of sp³-hybridized carbons (Fsp3) is 0. The highest BCUT2D eigenvalue weighted by Crippen LogP contribution is 2.40. The average molecular weight is 867 g/mol. The Kier molecular flexibility index (Phi) is 8.55. The summed E-state index contributed by atoms with van der Waals surface area (Å²) >= 11 is 0. The van der Waals surface area contributed by atoms with Crippen molar-refractivity contribution in [2.45, 2.75) is 0 Å². The Morgan fingerprint density at radius 1 is 0.206 bits per heavy atom. The van der Waals surface area contributed by atoms with Crippen molar-refractivity contribution in [2.75, 3.05) is 0 Å². The third-order valence-electron chi connectivity index (χ3n) is 13.7. The highest BCUT2D eigenvalue weighted by molar-refractivity contribution is 6.24. The molecule has 316 valence electrons. The van der Waals surface area contributed by atoms with Crippen LogP contribution in [0.2, 0.25) is 0 Å². The zero-order chi connectivity index (χ0) is 44.7. The second-order valence-electron chi connectivity index (χ2n) is 17.7. The lowest BCUT2D eigenvalue weighted by molar-refractivity contribution is 0.668. The van der Waals surface area contributed by atoms with Crippen LogP contribution < -0.4 is 0 Å². The Morgan fingerprint density at radius 3 is 0.868 bits per heavy atom. The van der Waals surface area contributed by atoms with Crippen LogP contribution in [0, 0.1) is 0 Å². The van der Waals surface area contributed by atoms with E-state index in [4.69, 9.17) is 18.8 Å². The number of fused-ring (bicyclic) bond motifs is 12. The summed E-state index contributed by atoms with van der Waals surface area (Å²) in [4.78, 5) is 9.76. The quantitative estimate of drug-likeness (QED) is 0.156. The maximum atomic E-state index is 6.25. The summed E-state index contributed by atoms with van der Waals surface area (Å²) in [7, 11) is 0. The van der Waals surface area contributed by atoms with Gasteiger partial charge in [0.1, 0.15) is 22.3 Å². The number of hydrogen-bond donors (Lipinski definition) is 0. The summed E-state index contributed by atoms with van der Waals surface area (Å²) in [6.45, 7) is 0. The van der Waals surface area contributed by atoms with E-state index in [0.717, 1.165) is 143 Å². The second kappa shape index (κ2) is 15.2. The van der Waals surface area contributed by atoms with Gasteiger partial charge in [0.25, 0.3) is 0 Å². The van der Waals surface area contributed by atoms with Crippen LogP contribution >= 0.6 is 0 Å². The van der Waals surface area contributed by atoms with Crippen LogP contribution in [0.15, 0.2) is 240 Å². The lowest BCUT2D eigenvalue weighted by Gasteiger charge is -2.13. The summed E-state index contributed by atoms with van der Waals surface area (Å²) in [5.74, 6) is 0. The van der Waals surface area contributed by atoms with Crippen LogP contribution in [0.5, 0.6) is 0 Å². The van der Waals surface area contributed by atoms with Gasteiger partial charge in [-0.05, 0) is 150 Å². The summed E-state index contributed by atoms with van der Waals surface area (Å²) in [6.07, 6.45) is 3.58. The Morgan fingerprint density at radius 2 is 0.500 bits per heavy atom. The predicted octanol–water partition coefficient (Wildman–Crippen LogP) is 17.7. The van der Waals surface area contributed by atoms with Crippen molar-refractivity contribution in [3.63, 3.8) is 0 Å². The number of para-hydroxylation sites is 2. The normalized spacial score (nSPS) is 11.8. The molecule has 14 rings (SSSR count). The minimum absolute atomic E-state index is 0.898. The molecule has 0 spiro atoms. The van der Waals surface area contributed by atoms with Gasteiger partial charge in [0, 0.05) is 44.7 Å². The molecule has 3 aromatic heterocycles. The number of rotatable bonds is 6. The number of benzene rings is 11. The van der Waals surface area contributed by atoms with E-state index in [-0.39, 0.29) is 0 Å². The molecule has 0 saturated carbocycles. The molecule has 68 heavy (non-hydrogen) atoms. The van der Waals surface area contributed by atoms with E-state index in [0.29, 0.717) is 0 Å². The molecule has 0 aliphatic rings. The van der Waals surface area contributed by atoms with Gasteiger partial charge in [-0.2, -0.15) is 0 Å². The van der Waals surface area contributed by atoms with Crippen LogP contribution in [0.4, 0.5) is 0 Å². The Bertz CT molecular complexity index is 4070. The molecule has 0 radical (unpaired) electrons. The number of aromatic nitrogens is 2. The zero-order valence-electron chi connectivity index (χ0n) is 36.7. The molecule has 0 aliphatic heterocycles. The largest absolute Gasteiger partial charge is 0.456 e. The van der Waals surface area contributed by atoms with Crippen LogP contribution in [-0.2, 0) is 0 Å². The smallest absolute Gasteiger partial charge is 0.136 e. The molecule has 14 aromatic rings. The van der Waals surface area contributed by atoms with Crippen molar-refractivity contribution in [1.82, 2.24) is 9.97 Å². The first kappa shape index (κ1) is 38.2. The second-order valence-corrected chi connectivity index (χ2v) is 17.7. The van der Waals surface area contributed by atoms with Crippen molar-refractivity contribution in [3.05, 3.63) is 231 Å². The van der Waals surface area contributed by atoms with Crippen LogP contribution in [0.1, 0.15) is 0 Å². The Labute approximate surface area is 391 Å². The molecule has 0 saturated heterocycles. The minimum Gasteiger partial charge on any atom is -0.456 e. The molecule has 0 aliphatic carbocycles. The first-order valence-corrected chi connectivity index (χ1v) is 23.0. The van der Waals surface area contributed by atoms with E-state index in [2.05, 4.69) is 194 Å². The third kappa shape index (κ3) is 6.30. The highest BCUT2D eigenvalue weighted by atomic mass is 16.3. The average Bonchev–Trinajstić information content (AvgIpc) is 3.98. The van der Waals surface area contributed by atoms with E-state index < -0.39 is 0 Å². The first-order chi connectivity index (χ1) is 33.6. The summed E-state index contributed by atoms with van der Waals surface area (Å²) in [6, 6.07) is 78.3. The molecular formula is C64H38N2O2. The molecule has 0 fully saturated rings. The molecule has 0 atom stereocenters. The summed E-state index contributed by atoms with van der Waals surface area (Å²) in [5, 5.41) is 9.00. The van der Waals surface area contributed by atoms with Gasteiger partial charge < -0.3 is 8.83 Å². The van der Waals surface area contributed by atoms with Gasteiger partial charge in [-0.15, -0.1) is 0 Å². The van der Waals surface area contributed by atoms with Crippen LogP contribution in [0.3, 0.4) is 0 Å². The molecule has 11 aromatic carbocycles. The molecular weight excluding hydrogens is 829 g/mol. The fourth-order valence-corrected chi connectivity index (χ4v) is 10.4. The van der Waals surface area contributed by atoms with Gasteiger partial charge in [0.2, 0.25) is 0 Å². The number of hydrogen-bond acceptors (Lipinski definition) is 4. The molecule has 4 nitrogen and oxygen atoms in total. The van der Waals surface area contributed by atoms with Gasteiger partial charge in [0.15, 0.2) is 0 Å². The van der Waals surface area contributed by atoms with Gasteiger partial charge in [-0.1, -0.05) is 146 Å². The van der Waals surface area contributed by atoms with E-state index in [1.165, 1.54) is 0 Å². The minimum atomic E-state index is 0.898. The predicted molar refractivity (Wildman–Crippen MR) is 282 cm³/mol. The first-order valence-electron chi connectivity index (χ1n) is 23.0. The highest BCUT2D eigenvalue weighted by Gasteiger charge is 2.16. The van der Waals surface area contributed by atoms with Gasteiger partial charge in [-0.3, -0.25) is 9.97 Å². The molecule has 0 bridgehead atoms. The topological polar surface area (TPSA) is 52.1 Å². The summed E-state index contributed by atoms with van der Waals surface area (Å²) < 4.78 is 12.5. The van der Waals surface area contributed by atoms with Crippen molar-refractivity contribution in [1.29, 1.82) is 0 Å². The van der Waals surface area contributed by atoms with Gasteiger partial charge in [-0.25, -0.2) is 0 Å². The van der Waals surface area contributed by atoms with E-state index in [1.807, 2.05) is 24.3 Å². The van der Waals surface area contributed by atoms with Crippen LogP contribution in [-0.4, -0.2) is 9.97 Å². The third-order valence-corrected chi connectivity index (χ3v) is 13.7. The summed E-state index contributed by atoms with van der Waals surface area (Å²) in [5.41, 5.74) is 19.2. The van der Waals surface area contributed by atoms with Crippen molar-refractivity contribution < 1.29 is 8.83 Å². The van der Waals surface area contributed by atoms with Gasteiger partial charge >= 0.3 is 0 Å². The van der Waals surface area contributed by atoms with Gasteiger partial charge in [0.05, 0.1) is 11.0 Å². The Balaban J connectivity index is 0.825. The zero-order valence-corrected chi connectivity index (χ0v) is 36.7. The fourth-order valence-electron chi connectivity index (χ4n) is 10.4. The van der Waals surface area contributed by atoms with E-state index >= 15 is 0 Å². The SMILES string of the molecule is c1cc(-c2cccc(-c3ccc4c(c3)c3cc(-c5cccc(-c6cccc(-c7ccc8c(c7)oc7ccccc78)c6)c5)ccc3c3nccnc43)c2)cc(-c2ccc3c(c2)oc2ccccc23)c1. The van der Waals surface area contributed by atoms with E-state index in [1.54, 1.807) is 12.4 Å². The standard InChI is InChI=1S/C64H38N2O2/c1-3-19-59-51(17-1)53-25-21-49(37-61(53)67-59)45-15-7-11-41(33-45)39-9-5-13-43(31-39)47-23-27-55-57(35-47)58-36-48(24-28-56(58)64-63(55)65-29-30-66-64)44-14-6-10-40(32-44)42-12-8-16-46(34-42)50-22-26-54-52-18-2-4-20-60(52)68-62(54)38-50/h1-38H. The Hall–Kier alpha value is -9.12. The lowest BCUT2D eigenvalue weighted by Crippen LogP contribution is -1.90. The number of nitrogens with zero attached hydrogens (tertiary/aromatic N) is 2.